The van der Waals surface area contributed by atoms with Crippen LogP contribution in [0.25, 0.3) is 0 Å². The summed E-state index contributed by atoms with van der Waals surface area (Å²) in [7, 11) is 0. The SMILES string of the molecule is CCCCCCCCCCCCCC(=O)c1nccnc1C(=O)Nc1ccn([C@@H]2O[C@H](CO)[C@@H](O)C2(F)F)c(=O)n1. The second-order valence-electron chi connectivity index (χ2n) is 10.2. The van der Waals surface area contributed by atoms with E-state index >= 15 is 0 Å². The first kappa shape index (κ1) is 32.4. The molecule has 2 aromatic heterocycles. The first-order valence-corrected chi connectivity index (χ1v) is 14.3. The molecule has 3 N–H and O–H groups in total. The number of ketones is 1. The maximum absolute atomic E-state index is 14.4. The zero-order valence-electron chi connectivity index (χ0n) is 23.3. The van der Waals surface area contributed by atoms with Crippen molar-refractivity contribution in [3.63, 3.8) is 0 Å². The summed E-state index contributed by atoms with van der Waals surface area (Å²) < 4.78 is 34.2. The Morgan fingerprint density at radius 3 is 2.15 bits per heavy atom. The van der Waals surface area contributed by atoms with Crippen LogP contribution in [0.5, 0.6) is 0 Å². The summed E-state index contributed by atoms with van der Waals surface area (Å²) >= 11 is 0. The normalized spacial score (nSPS) is 19.8. The Hall–Kier alpha value is -3.16. The summed E-state index contributed by atoms with van der Waals surface area (Å²) in [6, 6.07) is 1.08. The van der Waals surface area contributed by atoms with Gasteiger partial charge < -0.3 is 20.3 Å². The van der Waals surface area contributed by atoms with Crippen LogP contribution in [-0.4, -0.2) is 66.2 Å². The van der Waals surface area contributed by atoms with Gasteiger partial charge in [0.25, 0.3) is 5.91 Å². The van der Waals surface area contributed by atoms with Crippen molar-refractivity contribution in [1.82, 2.24) is 19.5 Å². The average Bonchev–Trinajstić information content (AvgIpc) is 3.19. The first-order chi connectivity index (χ1) is 19.7. The second kappa shape index (κ2) is 15.7. The number of alkyl halides is 2. The van der Waals surface area contributed by atoms with Crippen molar-refractivity contribution in [1.29, 1.82) is 0 Å². The maximum atomic E-state index is 14.4. The van der Waals surface area contributed by atoms with E-state index in [9.17, 15) is 28.3 Å². The Balaban J connectivity index is 1.52. The standard InChI is InChI=1S/C28H39F2N5O6/c1-2-3-4-5-6-7-8-9-10-11-12-13-19(37)22-23(32-16-15-31-22)25(39)33-21-14-17-35(27(40)34-21)26-28(29,30)24(38)20(18-36)41-26/h14-17,20,24,26,36,38H,2-13,18H2,1H3,(H,33,34,39,40)/t20-,24-,26-/m1/s1. The molecule has 1 aliphatic heterocycles. The topological polar surface area (TPSA) is 157 Å². The number of amides is 1. The van der Waals surface area contributed by atoms with E-state index in [4.69, 9.17) is 9.84 Å². The largest absolute Gasteiger partial charge is 0.394 e. The molecule has 1 aliphatic rings. The number of carbonyl (C=O) groups is 2. The summed E-state index contributed by atoms with van der Waals surface area (Å²) in [4.78, 5) is 49.7. The monoisotopic (exact) mass is 579 g/mol. The third-order valence-corrected chi connectivity index (χ3v) is 7.07. The van der Waals surface area contributed by atoms with Crippen LogP contribution in [0.1, 0.15) is 111 Å². The van der Waals surface area contributed by atoms with Crippen LogP contribution in [0.2, 0.25) is 0 Å². The van der Waals surface area contributed by atoms with Gasteiger partial charge in [0.05, 0.1) is 6.61 Å². The summed E-state index contributed by atoms with van der Waals surface area (Å²) in [6.45, 7) is 1.33. The quantitative estimate of drug-likeness (QED) is 0.186. The molecule has 3 atom stereocenters. The van der Waals surface area contributed by atoms with Gasteiger partial charge in [0, 0.05) is 25.0 Å². The number of aliphatic hydroxyl groups is 2. The molecule has 3 rings (SSSR count). The number of unbranched alkanes of at least 4 members (excludes halogenated alkanes) is 10. The zero-order valence-corrected chi connectivity index (χ0v) is 23.3. The number of nitrogens with zero attached hydrogens (tertiary/aromatic N) is 4. The number of nitrogens with one attached hydrogen (secondary N) is 1. The zero-order chi connectivity index (χ0) is 29.8. The van der Waals surface area contributed by atoms with Crippen molar-refractivity contribution in [2.45, 2.75) is 108 Å². The fourth-order valence-corrected chi connectivity index (χ4v) is 4.73. The van der Waals surface area contributed by atoms with E-state index in [1.165, 1.54) is 57.3 Å². The Kier molecular flexibility index (Phi) is 12.4. The second-order valence-corrected chi connectivity index (χ2v) is 10.2. The van der Waals surface area contributed by atoms with E-state index in [2.05, 4.69) is 27.2 Å². The fraction of sp³-hybridized carbons (Fsp3) is 0.643. The van der Waals surface area contributed by atoms with Crippen LogP contribution in [0.4, 0.5) is 14.6 Å². The highest BCUT2D eigenvalue weighted by atomic mass is 19.3. The number of halogens is 2. The van der Waals surface area contributed by atoms with Crippen LogP contribution in [-0.2, 0) is 4.74 Å². The number of hydrogen-bond acceptors (Lipinski definition) is 9. The molecule has 0 bridgehead atoms. The van der Waals surface area contributed by atoms with Gasteiger partial charge in [-0.1, -0.05) is 71.1 Å². The van der Waals surface area contributed by atoms with E-state index < -0.39 is 42.6 Å². The molecular formula is C28H39F2N5O6. The lowest BCUT2D eigenvalue weighted by Gasteiger charge is -2.21. The number of rotatable bonds is 17. The molecule has 41 heavy (non-hydrogen) atoms. The van der Waals surface area contributed by atoms with E-state index in [-0.39, 0.29) is 29.4 Å². The van der Waals surface area contributed by atoms with Gasteiger partial charge in [0.2, 0.25) is 6.23 Å². The number of carbonyl (C=O) groups excluding carboxylic acids is 2. The van der Waals surface area contributed by atoms with Gasteiger partial charge in [-0.05, 0) is 12.5 Å². The molecule has 226 valence electrons. The molecule has 0 radical (unpaired) electrons. The highest BCUT2D eigenvalue weighted by molar-refractivity contribution is 6.10. The van der Waals surface area contributed by atoms with Gasteiger partial charge in [-0.25, -0.2) is 14.8 Å². The summed E-state index contributed by atoms with van der Waals surface area (Å²) in [5.74, 6) is -5.32. The molecule has 2 aromatic rings. The lowest BCUT2D eigenvalue weighted by molar-refractivity contribution is -0.140. The lowest BCUT2D eigenvalue weighted by atomic mass is 10.0. The molecule has 3 heterocycles. The minimum atomic E-state index is -3.87. The molecule has 0 saturated carbocycles. The molecule has 0 aromatic carbocycles. The smallest absolute Gasteiger partial charge is 0.351 e. The number of hydrogen-bond donors (Lipinski definition) is 3. The van der Waals surface area contributed by atoms with E-state index in [0.29, 0.717) is 11.0 Å². The molecule has 11 nitrogen and oxygen atoms in total. The Morgan fingerprint density at radius 2 is 1.59 bits per heavy atom. The fourth-order valence-electron chi connectivity index (χ4n) is 4.73. The Bertz CT molecular complexity index is 1210. The predicted octanol–water partition coefficient (Wildman–Crippen LogP) is 4.06. The third kappa shape index (κ3) is 8.66. The van der Waals surface area contributed by atoms with Gasteiger partial charge in [0.15, 0.2) is 17.6 Å². The van der Waals surface area contributed by atoms with Gasteiger partial charge in [-0.15, -0.1) is 0 Å². The van der Waals surface area contributed by atoms with Crippen molar-refractivity contribution in [3.8, 4) is 0 Å². The number of ether oxygens (including phenoxy) is 1. The highest BCUT2D eigenvalue weighted by Gasteiger charge is 2.59. The van der Waals surface area contributed by atoms with Crippen LogP contribution >= 0.6 is 0 Å². The predicted molar refractivity (Wildman–Crippen MR) is 146 cm³/mol. The highest BCUT2D eigenvalue weighted by Crippen LogP contribution is 2.42. The van der Waals surface area contributed by atoms with Crippen molar-refractivity contribution < 1.29 is 33.3 Å². The van der Waals surface area contributed by atoms with Crippen molar-refractivity contribution in [3.05, 3.63) is 46.5 Å². The summed E-state index contributed by atoms with van der Waals surface area (Å²) in [5, 5.41) is 21.2. The Labute approximate surface area is 237 Å². The van der Waals surface area contributed by atoms with Crippen LogP contribution < -0.4 is 11.0 Å². The van der Waals surface area contributed by atoms with Crippen LogP contribution in [0.15, 0.2) is 29.5 Å². The third-order valence-electron chi connectivity index (χ3n) is 7.07. The summed E-state index contributed by atoms with van der Waals surface area (Å²) in [5.41, 5.74) is -1.54. The molecule has 13 heteroatoms. The van der Waals surface area contributed by atoms with Crippen molar-refractivity contribution >= 4 is 17.5 Å². The number of anilines is 1. The minimum absolute atomic E-state index is 0.103. The molecule has 0 spiro atoms. The molecule has 1 fully saturated rings. The number of aliphatic hydroxyl groups excluding tert-OH is 2. The van der Waals surface area contributed by atoms with Crippen LogP contribution in [0.3, 0.4) is 0 Å². The average molecular weight is 580 g/mol. The van der Waals surface area contributed by atoms with Gasteiger partial charge >= 0.3 is 11.6 Å². The maximum Gasteiger partial charge on any atom is 0.351 e. The van der Waals surface area contributed by atoms with Crippen LogP contribution in [0, 0.1) is 0 Å². The van der Waals surface area contributed by atoms with Gasteiger partial charge in [0.1, 0.15) is 17.6 Å². The molecule has 0 aliphatic carbocycles. The molecule has 1 amide bonds. The molecule has 0 unspecified atom stereocenters. The first-order valence-electron chi connectivity index (χ1n) is 14.3. The van der Waals surface area contributed by atoms with E-state index in [0.717, 1.165) is 31.5 Å². The molecular weight excluding hydrogens is 540 g/mol. The van der Waals surface area contributed by atoms with Gasteiger partial charge in [-0.3, -0.25) is 14.2 Å². The van der Waals surface area contributed by atoms with Gasteiger partial charge in [-0.2, -0.15) is 13.8 Å². The molecule has 1 saturated heterocycles. The minimum Gasteiger partial charge on any atom is -0.394 e. The number of Topliss-reactive ketones (excluding diaryl/α,β-unsaturated/α-hetero) is 1. The summed E-state index contributed by atoms with van der Waals surface area (Å²) in [6.07, 6.45) is 10.1. The van der Waals surface area contributed by atoms with E-state index in [1.54, 1.807) is 0 Å². The number of aromatic nitrogens is 4. The van der Waals surface area contributed by atoms with Crippen molar-refractivity contribution in [2.24, 2.45) is 0 Å². The lowest BCUT2D eigenvalue weighted by Crippen LogP contribution is -2.41. The van der Waals surface area contributed by atoms with Crippen molar-refractivity contribution in [2.75, 3.05) is 11.9 Å². The Morgan fingerprint density at radius 1 is 1.00 bits per heavy atom. The van der Waals surface area contributed by atoms with E-state index in [1.807, 2.05) is 0 Å².